The van der Waals surface area contributed by atoms with Gasteiger partial charge in [0.25, 0.3) is 0 Å². The van der Waals surface area contributed by atoms with E-state index in [-0.39, 0.29) is 24.0 Å². The van der Waals surface area contributed by atoms with E-state index < -0.39 is 0 Å². The summed E-state index contributed by atoms with van der Waals surface area (Å²) in [5.41, 5.74) is 0.322. The maximum Gasteiger partial charge on any atom is 0.223 e. The van der Waals surface area contributed by atoms with E-state index in [2.05, 4.69) is 10.6 Å². The van der Waals surface area contributed by atoms with Gasteiger partial charge in [0.1, 0.15) is 0 Å². The lowest BCUT2D eigenvalue weighted by Crippen LogP contribution is -2.42. The number of aliphatic hydroxyl groups is 1. The predicted octanol–water partition coefficient (Wildman–Crippen LogP) is 0.796. The minimum absolute atomic E-state index is 0.209. The van der Waals surface area contributed by atoms with Crippen LogP contribution in [0, 0.1) is 11.3 Å². The number of nitrogens with one attached hydrogen (secondary N) is 2. The Morgan fingerprint density at radius 2 is 2.06 bits per heavy atom. The third-order valence-electron chi connectivity index (χ3n) is 5.10. The molecular formula is C14H24N2O2. The van der Waals surface area contributed by atoms with Crippen LogP contribution in [-0.2, 0) is 4.79 Å². The van der Waals surface area contributed by atoms with Gasteiger partial charge in [0.15, 0.2) is 0 Å². The summed E-state index contributed by atoms with van der Waals surface area (Å²) in [4.78, 5) is 12.2. The molecule has 3 unspecified atom stereocenters. The molecule has 3 fully saturated rings. The number of carbonyl (C=O) groups excluding carboxylic acids is 1. The largest absolute Gasteiger partial charge is 0.393 e. The van der Waals surface area contributed by atoms with Crippen molar-refractivity contribution in [3.63, 3.8) is 0 Å². The first-order chi connectivity index (χ1) is 8.70. The third kappa shape index (κ3) is 2.41. The van der Waals surface area contributed by atoms with Crippen molar-refractivity contribution >= 4 is 5.91 Å². The van der Waals surface area contributed by atoms with Crippen LogP contribution in [0.4, 0.5) is 0 Å². The summed E-state index contributed by atoms with van der Waals surface area (Å²) < 4.78 is 0. The Morgan fingerprint density at radius 3 is 2.78 bits per heavy atom. The lowest BCUT2D eigenvalue weighted by molar-refractivity contribution is -0.124. The maximum atomic E-state index is 12.2. The van der Waals surface area contributed by atoms with Crippen molar-refractivity contribution < 1.29 is 9.90 Å². The van der Waals surface area contributed by atoms with Gasteiger partial charge in [0, 0.05) is 12.0 Å². The molecule has 0 aromatic heterocycles. The first kappa shape index (κ1) is 12.4. The van der Waals surface area contributed by atoms with Gasteiger partial charge < -0.3 is 15.7 Å². The quantitative estimate of drug-likeness (QED) is 0.681. The van der Waals surface area contributed by atoms with Crippen LogP contribution < -0.4 is 10.6 Å². The Kier molecular flexibility index (Phi) is 3.32. The Labute approximate surface area is 109 Å². The number of rotatable bonds is 2. The fourth-order valence-electron chi connectivity index (χ4n) is 3.79. The van der Waals surface area contributed by atoms with E-state index in [0.29, 0.717) is 5.41 Å². The standard InChI is InChI=1S/C14H24N2O2/c17-11-3-1-2-10(8-11)16-13(18)12-9-14(12)4-6-15-7-5-14/h10-12,15,17H,1-9H2,(H,16,18). The SMILES string of the molecule is O=C(NC1CCCC(O)C1)C1CC12CCNCC2. The lowest BCUT2D eigenvalue weighted by atomic mass is 9.90. The molecule has 1 amide bonds. The highest BCUT2D eigenvalue weighted by Crippen LogP contribution is 2.58. The minimum atomic E-state index is -0.212. The number of amides is 1. The Morgan fingerprint density at radius 1 is 1.28 bits per heavy atom. The summed E-state index contributed by atoms with van der Waals surface area (Å²) in [7, 11) is 0. The molecule has 0 aromatic carbocycles. The molecule has 0 aromatic rings. The van der Waals surface area contributed by atoms with E-state index >= 15 is 0 Å². The molecule has 0 radical (unpaired) electrons. The second kappa shape index (κ2) is 4.82. The summed E-state index contributed by atoms with van der Waals surface area (Å²) in [6.07, 6.45) is 6.87. The van der Waals surface area contributed by atoms with Gasteiger partial charge in [-0.2, -0.15) is 0 Å². The molecule has 3 rings (SSSR count). The summed E-state index contributed by atoms with van der Waals surface area (Å²) in [5, 5.41) is 16.2. The average molecular weight is 252 g/mol. The second-order valence-corrected chi connectivity index (χ2v) is 6.40. The van der Waals surface area contributed by atoms with E-state index in [9.17, 15) is 9.90 Å². The molecule has 4 heteroatoms. The summed E-state index contributed by atoms with van der Waals surface area (Å²) in [6.45, 7) is 2.12. The molecule has 2 aliphatic carbocycles. The number of piperidine rings is 1. The van der Waals surface area contributed by atoms with Crippen LogP contribution in [0.5, 0.6) is 0 Å². The summed E-state index contributed by atoms with van der Waals surface area (Å²) >= 11 is 0. The molecule has 4 nitrogen and oxygen atoms in total. The van der Waals surface area contributed by atoms with Crippen LogP contribution in [0.3, 0.4) is 0 Å². The van der Waals surface area contributed by atoms with E-state index in [1.807, 2.05) is 0 Å². The predicted molar refractivity (Wildman–Crippen MR) is 69.0 cm³/mol. The van der Waals surface area contributed by atoms with Crippen molar-refractivity contribution in [3.05, 3.63) is 0 Å². The monoisotopic (exact) mass is 252 g/mol. The number of hydrogen-bond acceptors (Lipinski definition) is 3. The molecule has 18 heavy (non-hydrogen) atoms. The molecule has 2 saturated carbocycles. The molecule has 1 spiro atoms. The summed E-state index contributed by atoms with van der Waals surface area (Å²) in [6, 6.07) is 0.209. The summed E-state index contributed by atoms with van der Waals surface area (Å²) in [5.74, 6) is 0.495. The third-order valence-corrected chi connectivity index (χ3v) is 5.10. The normalized spacial score (nSPS) is 38.4. The van der Waals surface area contributed by atoms with Crippen molar-refractivity contribution in [2.45, 2.75) is 57.1 Å². The van der Waals surface area contributed by atoms with Crippen LogP contribution in [0.25, 0.3) is 0 Å². The zero-order chi connectivity index (χ0) is 12.6. The van der Waals surface area contributed by atoms with E-state index in [0.717, 1.165) is 58.0 Å². The zero-order valence-electron chi connectivity index (χ0n) is 11.0. The van der Waals surface area contributed by atoms with Gasteiger partial charge in [0.05, 0.1) is 6.10 Å². The molecule has 1 saturated heterocycles. The van der Waals surface area contributed by atoms with E-state index in [4.69, 9.17) is 0 Å². The minimum Gasteiger partial charge on any atom is -0.393 e. The molecule has 3 atom stereocenters. The lowest BCUT2D eigenvalue weighted by Gasteiger charge is -2.28. The fourth-order valence-corrected chi connectivity index (χ4v) is 3.79. The van der Waals surface area contributed by atoms with E-state index in [1.54, 1.807) is 0 Å². The Bertz CT molecular complexity index is 326. The van der Waals surface area contributed by atoms with Crippen molar-refractivity contribution in [3.8, 4) is 0 Å². The topological polar surface area (TPSA) is 61.4 Å². The van der Waals surface area contributed by atoms with Crippen LogP contribution >= 0.6 is 0 Å². The first-order valence-electron chi connectivity index (χ1n) is 7.39. The van der Waals surface area contributed by atoms with Gasteiger partial charge >= 0.3 is 0 Å². The van der Waals surface area contributed by atoms with Gasteiger partial charge in [0.2, 0.25) is 5.91 Å². The molecular weight excluding hydrogens is 228 g/mol. The highest BCUT2D eigenvalue weighted by atomic mass is 16.3. The Balaban J connectivity index is 1.50. The molecule has 102 valence electrons. The van der Waals surface area contributed by atoms with Gasteiger partial charge in [-0.05, 0) is 63.5 Å². The number of carbonyl (C=O) groups is 1. The van der Waals surface area contributed by atoms with Crippen molar-refractivity contribution in [2.75, 3.05) is 13.1 Å². The van der Waals surface area contributed by atoms with Crippen molar-refractivity contribution in [1.29, 1.82) is 0 Å². The highest BCUT2D eigenvalue weighted by molar-refractivity contribution is 5.82. The molecule has 3 aliphatic rings. The van der Waals surface area contributed by atoms with E-state index in [1.165, 1.54) is 0 Å². The smallest absolute Gasteiger partial charge is 0.223 e. The number of aliphatic hydroxyl groups excluding tert-OH is 1. The van der Waals surface area contributed by atoms with Crippen molar-refractivity contribution in [2.24, 2.45) is 11.3 Å². The fraction of sp³-hybridized carbons (Fsp3) is 0.929. The maximum absolute atomic E-state index is 12.2. The van der Waals surface area contributed by atoms with Crippen molar-refractivity contribution in [1.82, 2.24) is 10.6 Å². The van der Waals surface area contributed by atoms with Crippen LogP contribution in [0.15, 0.2) is 0 Å². The molecule has 1 heterocycles. The Hall–Kier alpha value is -0.610. The van der Waals surface area contributed by atoms with Gasteiger partial charge in [-0.3, -0.25) is 4.79 Å². The zero-order valence-corrected chi connectivity index (χ0v) is 11.0. The van der Waals surface area contributed by atoms with Crippen LogP contribution in [0.1, 0.15) is 44.9 Å². The van der Waals surface area contributed by atoms with Gasteiger partial charge in [-0.25, -0.2) is 0 Å². The molecule has 0 bridgehead atoms. The second-order valence-electron chi connectivity index (χ2n) is 6.40. The molecule has 1 aliphatic heterocycles. The van der Waals surface area contributed by atoms with Crippen LogP contribution in [-0.4, -0.2) is 36.2 Å². The average Bonchev–Trinajstić information content (AvgIpc) is 3.04. The molecule has 3 N–H and O–H groups in total. The van der Waals surface area contributed by atoms with Gasteiger partial charge in [-0.15, -0.1) is 0 Å². The van der Waals surface area contributed by atoms with Crippen LogP contribution in [0.2, 0.25) is 0 Å². The first-order valence-corrected chi connectivity index (χ1v) is 7.39. The highest BCUT2D eigenvalue weighted by Gasteiger charge is 2.57. The van der Waals surface area contributed by atoms with Gasteiger partial charge in [-0.1, -0.05) is 0 Å². The number of hydrogen-bond donors (Lipinski definition) is 3.